The molecule has 4 heteroatoms. The van der Waals surface area contributed by atoms with Crippen LogP contribution >= 0.6 is 15.9 Å². The van der Waals surface area contributed by atoms with Gasteiger partial charge in [-0.2, -0.15) is 0 Å². The molecule has 1 N–H and O–H groups in total. The highest BCUT2D eigenvalue weighted by Crippen LogP contribution is 2.12. The molecule has 1 amide bonds. The SMILES string of the molecule is CN(CCBr)C(=O)c1cccc(O)c1. The topological polar surface area (TPSA) is 40.5 Å². The number of benzene rings is 1. The molecule has 0 aliphatic rings. The van der Waals surface area contributed by atoms with Crippen LogP contribution in [0.1, 0.15) is 10.4 Å². The first-order valence-electron chi connectivity index (χ1n) is 4.25. The molecule has 0 radical (unpaired) electrons. The maximum Gasteiger partial charge on any atom is 0.253 e. The Morgan fingerprint density at radius 3 is 2.86 bits per heavy atom. The highest BCUT2D eigenvalue weighted by molar-refractivity contribution is 9.09. The number of carbonyl (C=O) groups is 1. The first kappa shape index (κ1) is 11.0. The van der Waals surface area contributed by atoms with Crippen molar-refractivity contribution < 1.29 is 9.90 Å². The molecule has 0 aliphatic heterocycles. The van der Waals surface area contributed by atoms with Crippen molar-refractivity contribution in [2.24, 2.45) is 0 Å². The van der Waals surface area contributed by atoms with Crippen molar-refractivity contribution in [1.82, 2.24) is 4.90 Å². The standard InChI is InChI=1S/C10H12BrNO2/c1-12(6-5-11)10(14)8-3-2-4-9(13)7-8/h2-4,7,13H,5-6H2,1H3. The van der Waals surface area contributed by atoms with Gasteiger partial charge in [-0.15, -0.1) is 0 Å². The summed E-state index contributed by atoms with van der Waals surface area (Å²) in [5, 5.41) is 9.94. The van der Waals surface area contributed by atoms with Crippen LogP contribution in [-0.4, -0.2) is 34.8 Å². The van der Waals surface area contributed by atoms with Gasteiger partial charge in [0.05, 0.1) is 0 Å². The van der Waals surface area contributed by atoms with Crippen molar-refractivity contribution in [3.05, 3.63) is 29.8 Å². The fourth-order valence-electron chi connectivity index (χ4n) is 1.09. The number of phenols is 1. The Balaban J connectivity index is 2.78. The van der Waals surface area contributed by atoms with Gasteiger partial charge >= 0.3 is 0 Å². The van der Waals surface area contributed by atoms with E-state index in [9.17, 15) is 9.90 Å². The molecule has 0 atom stereocenters. The predicted molar refractivity (Wildman–Crippen MR) is 58.9 cm³/mol. The van der Waals surface area contributed by atoms with E-state index in [4.69, 9.17) is 0 Å². The molecule has 14 heavy (non-hydrogen) atoms. The minimum atomic E-state index is -0.0830. The fourth-order valence-corrected chi connectivity index (χ4v) is 1.62. The van der Waals surface area contributed by atoms with E-state index >= 15 is 0 Å². The average molecular weight is 258 g/mol. The summed E-state index contributed by atoms with van der Waals surface area (Å²) >= 11 is 3.26. The van der Waals surface area contributed by atoms with Crippen LogP contribution in [0.2, 0.25) is 0 Å². The third-order valence-electron chi connectivity index (χ3n) is 1.86. The van der Waals surface area contributed by atoms with Crippen LogP contribution in [-0.2, 0) is 0 Å². The van der Waals surface area contributed by atoms with Crippen molar-refractivity contribution in [2.45, 2.75) is 0 Å². The van der Waals surface area contributed by atoms with Gasteiger partial charge in [-0.05, 0) is 18.2 Å². The molecule has 0 aromatic heterocycles. The number of nitrogens with zero attached hydrogens (tertiary/aromatic N) is 1. The summed E-state index contributed by atoms with van der Waals surface area (Å²) in [7, 11) is 1.73. The molecule has 0 saturated heterocycles. The van der Waals surface area contributed by atoms with E-state index in [2.05, 4.69) is 15.9 Å². The summed E-state index contributed by atoms with van der Waals surface area (Å²) in [5.41, 5.74) is 0.508. The number of carbonyl (C=O) groups excluding carboxylic acids is 1. The van der Waals surface area contributed by atoms with E-state index in [1.807, 2.05) is 0 Å². The Labute approximate surface area is 91.5 Å². The quantitative estimate of drug-likeness (QED) is 0.840. The molecular weight excluding hydrogens is 246 g/mol. The minimum Gasteiger partial charge on any atom is -0.508 e. The number of amides is 1. The predicted octanol–water partition coefficient (Wildman–Crippen LogP) is 1.86. The van der Waals surface area contributed by atoms with Crippen LogP contribution in [0, 0.1) is 0 Å². The number of rotatable bonds is 3. The zero-order valence-corrected chi connectivity index (χ0v) is 9.49. The number of hydrogen-bond donors (Lipinski definition) is 1. The highest BCUT2D eigenvalue weighted by Gasteiger charge is 2.10. The van der Waals surface area contributed by atoms with Crippen molar-refractivity contribution >= 4 is 21.8 Å². The number of halogens is 1. The monoisotopic (exact) mass is 257 g/mol. The van der Waals surface area contributed by atoms with E-state index in [1.165, 1.54) is 6.07 Å². The van der Waals surface area contributed by atoms with Crippen LogP contribution < -0.4 is 0 Å². The molecule has 1 rings (SSSR count). The van der Waals surface area contributed by atoms with Crippen molar-refractivity contribution in [1.29, 1.82) is 0 Å². The number of aromatic hydroxyl groups is 1. The van der Waals surface area contributed by atoms with Crippen molar-refractivity contribution in [3.63, 3.8) is 0 Å². The lowest BCUT2D eigenvalue weighted by molar-refractivity contribution is 0.0803. The summed E-state index contributed by atoms with van der Waals surface area (Å²) in [6.45, 7) is 0.647. The van der Waals surface area contributed by atoms with Gasteiger partial charge in [0.15, 0.2) is 0 Å². The molecule has 0 aliphatic carbocycles. The van der Waals surface area contributed by atoms with Gasteiger partial charge in [0, 0.05) is 24.5 Å². The molecule has 1 aromatic carbocycles. The van der Waals surface area contributed by atoms with Crippen LogP contribution in [0.3, 0.4) is 0 Å². The molecule has 3 nitrogen and oxygen atoms in total. The van der Waals surface area contributed by atoms with Crippen LogP contribution in [0.4, 0.5) is 0 Å². The van der Waals surface area contributed by atoms with Crippen molar-refractivity contribution in [3.8, 4) is 5.75 Å². The molecule has 0 fully saturated rings. The van der Waals surface area contributed by atoms with Crippen LogP contribution in [0.25, 0.3) is 0 Å². The Morgan fingerprint density at radius 2 is 2.29 bits per heavy atom. The van der Waals surface area contributed by atoms with Gasteiger partial charge in [-0.25, -0.2) is 0 Å². The summed E-state index contributed by atoms with van der Waals surface area (Å²) in [4.78, 5) is 13.3. The maximum atomic E-state index is 11.7. The molecule has 1 aromatic rings. The first-order valence-corrected chi connectivity index (χ1v) is 5.37. The second kappa shape index (κ2) is 5.00. The van der Waals surface area contributed by atoms with Gasteiger partial charge < -0.3 is 10.0 Å². The summed E-state index contributed by atoms with van der Waals surface area (Å²) in [5.74, 6) is 0.0310. The molecule has 0 unspecified atom stereocenters. The normalized spacial score (nSPS) is 9.86. The van der Waals surface area contributed by atoms with Crippen molar-refractivity contribution in [2.75, 3.05) is 18.9 Å². The van der Waals surface area contributed by atoms with E-state index in [0.29, 0.717) is 12.1 Å². The van der Waals surface area contributed by atoms with Gasteiger partial charge in [0.1, 0.15) is 5.75 Å². The summed E-state index contributed by atoms with van der Waals surface area (Å²) in [6, 6.07) is 6.35. The van der Waals surface area contributed by atoms with Gasteiger partial charge in [0.25, 0.3) is 5.91 Å². The lowest BCUT2D eigenvalue weighted by Crippen LogP contribution is -2.28. The van der Waals surface area contributed by atoms with E-state index in [0.717, 1.165) is 5.33 Å². The third kappa shape index (κ3) is 2.73. The first-order chi connectivity index (χ1) is 6.65. The molecule has 0 bridgehead atoms. The molecule has 0 heterocycles. The maximum absolute atomic E-state index is 11.7. The molecular formula is C10H12BrNO2. The molecule has 0 spiro atoms. The van der Waals surface area contributed by atoms with Gasteiger partial charge in [-0.3, -0.25) is 4.79 Å². The van der Waals surface area contributed by atoms with Gasteiger partial charge in [0.2, 0.25) is 0 Å². The Bertz CT molecular complexity index is 328. The number of hydrogen-bond acceptors (Lipinski definition) is 2. The second-order valence-electron chi connectivity index (χ2n) is 2.97. The lowest BCUT2D eigenvalue weighted by Gasteiger charge is -2.15. The lowest BCUT2D eigenvalue weighted by atomic mass is 10.2. The minimum absolute atomic E-state index is 0.0830. The Morgan fingerprint density at radius 1 is 1.57 bits per heavy atom. The number of phenolic OH excluding ortho intramolecular Hbond substituents is 1. The summed E-state index contributed by atoms with van der Waals surface area (Å²) < 4.78 is 0. The zero-order valence-electron chi connectivity index (χ0n) is 7.90. The molecule has 76 valence electrons. The zero-order chi connectivity index (χ0) is 10.6. The van der Waals surface area contributed by atoms with E-state index in [-0.39, 0.29) is 11.7 Å². The smallest absolute Gasteiger partial charge is 0.253 e. The van der Waals surface area contributed by atoms with Crippen LogP contribution in [0.15, 0.2) is 24.3 Å². The molecule has 0 saturated carbocycles. The second-order valence-corrected chi connectivity index (χ2v) is 3.76. The van der Waals surface area contributed by atoms with Gasteiger partial charge in [-0.1, -0.05) is 22.0 Å². The van der Waals surface area contributed by atoms with E-state index in [1.54, 1.807) is 30.1 Å². The Kier molecular flexibility index (Phi) is 3.95. The summed E-state index contributed by atoms with van der Waals surface area (Å²) in [6.07, 6.45) is 0. The Hall–Kier alpha value is -1.03. The third-order valence-corrected chi connectivity index (χ3v) is 2.21. The van der Waals surface area contributed by atoms with Crippen LogP contribution in [0.5, 0.6) is 5.75 Å². The fraction of sp³-hybridized carbons (Fsp3) is 0.300. The van der Waals surface area contributed by atoms with E-state index < -0.39 is 0 Å². The highest BCUT2D eigenvalue weighted by atomic mass is 79.9. The largest absolute Gasteiger partial charge is 0.508 e. The average Bonchev–Trinajstić information content (AvgIpc) is 2.17. The number of alkyl halides is 1.